The van der Waals surface area contributed by atoms with E-state index in [2.05, 4.69) is 4.98 Å². The average molecular weight is 330 g/mol. The Labute approximate surface area is 143 Å². The summed E-state index contributed by atoms with van der Waals surface area (Å²) in [6.07, 6.45) is 4.79. The molecule has 2 saturated heterocycles. The second kappa shape index (κ2) is 6.45. The first-order valence-corrected chi connectivity index (χ1v) is 9.11. The van der Waals surface area contributed by atoms with Gasteiger partial charge < -0.3 is 14.4 Å². The predicted molar refractivity (Wildman–Crippen MR) is 89.8 cm³/mol. The van der Waals surface area contributed by atoms with Crippen LogP contribution in [0.4, 0.5) is 0 Å². The molecule has 1 spiro atoms. The number of hydrogen-bond donors (Lipinski definition) is 0. The van der Waals surface area contributed by atoms with E-state index in [0.29, 0.717) is 24.7 Å². The second-order valence-electron chi connectivity index (χ2n) is 7.53. The third-order valence-corrected chi connectivity index (χ3v) is 5.57. The molecule has 1 amide bonds. The van der Waals surface area contributed by atoms with Gasteiger partial charge in [0.1, 0.15) is 11.3 Å². The van der Waals surface area contributed by atoms with E-state index < -0.39 is 0 Å². The summed E-state index contributed by atoms with van der Waals surface area (Å²) in [6.45, 7) is 5.83. The van der Waals surface area contributed by atoms with Crippen LogP contribution in [0.3, 0.4) is 0 Å². The number of aromatic nitrogens is 1. The molecule has 1 aromatic heterocycles. The molecule has 2 aliphatic heterocycles. The molecule has 0 N–H and O–H groups in total. The quantitative estimate of drug-likeness (QED) is 0.752. The summed E-state index contributed by atoms with van der Waals surface area (Å²) in [5.41, 5.74) is 1.27. The van der Waals surface area contributed by atoms with Gasteiger partial charge in [-0.1, -0.05) is 6.07 Å². The molecule has 0 radical (unpaired) electrons. The van der Waals surface area contributed by atoms with Crippen molar-refractivity contribution < 1.29 is 14.3 Å². The van der Waals surface area contributed by atoms with Crippen LogP contribution >= 0.6 is 0 Å². The lowest BCUT2D eigenvalue weighted by Crippen LogP contribution is -2.66. The molecule has 0 aromatic carbocycles. The lowest BCUT2D eigenvalue weighted by molar-refractivity contribution is -0.120. The average Bonchev–Trinajstić information content (AvgIpc) is 3.27. The van der Waals surface area contributed by atoms with Crippen molar-refractivity contribution in [3.8, 4) is 0 Å². The van der Waals surface area contributed by atoms with Crippen molar-refractivity contribution in [3.05, 3.63) is 29.6 Å². The van der Waals surface area contributed by atoms with E-state index >= 15 is 0 Å². The largest absolute Gasteiger partial charge is 0.381 e. The van der Waals surface area contributed by atoms with Crippen LogP contribution in [0.15, 0.2) is 18.2 Å². The minimum absolute atomic E-state index is 0.0172. The Balaban J connectivity index is 1.29. The number of aryl methyl sites for hydroxylation is 1. The van der Waals surface area contributed by atoms with E-state index in [1.807, 2.05) is 24.0 Å². The van der Waals surface area contributed by atoms with Crippen molar-refractivity contribution in [2.75, 3.05) is 32.9 Å². The highest BCUT2D eigenvalue weighted by Gasteiger charge is 2.54. The summed E-state index contributed by atoms with van der Waals surface area (Å²) in [4.78, 5) is 18.8. The third-order valence-electron chi connectivity index (χ3n) is 5.57. The number of rotatable bonds is 6. The smallest absolute Gasteiger partial charge is 0.272 e. The maximum absolute atomic E-state index is 12.6. The van der Waals surface area contributed by atoms with Crippen LogP contribution in [0.1, 0.15) is 41.9 Å². The maximum atomic E-state index is 12.6. The molecule has 130 valence electrons. The molecule has 1 saturated carbocycles. The number of amides is 1. The minimum Gasteiger partial charge on any atom is -0.381 e. The van der Waals surface area contributed by atoms with Gasteiger partial charge in [0.05, 0.1) is 13.1 Å². The molecule has 1 atom stereocenters. The predicted octanol–water partition coefficient (Wildman–Crippen LogP) is 2.44. The highest BCUT2D eigenvalue weighted by Crippen LogP contribution is 2.42. The Morgan fingerprint density at radius 3 is 2.96 bits per heavy atom. The molecule has 5 nitrogen and oxygen atoms in total. The number of hydrogen-bond acceptors (Lipinski definition) is 4. The summed E-state index contributed by atoms with van der Waals surface area (Å²) in [6, 6.07) is 5.59. The monoisotopic (exact) mass is 330 g/mol. The highest BCUT2D eigenvalue weighted by atomic mass is 16.5. The van der Waals surface area contributed by atoms with Gasteiger partial charge in [0.2, 0.25) is 0 Å². The molecule has 3 heterocycles. The number of carbonyl (C=O) groups is 1. The fourth-order valence-electron chi connectivity index (χ4n) is 3.87. The number of ether oxygens (including phenoxy) is 2. The van der Waals surface area contributed by atoms with Crippen LogP contribution < -0.4 is 0 Å². The van der Waals surface area contributed by atoms with Crippen LogP contribution in [-0.2, 0) is 9.47 Å². The summed E-state index contributed by atoms with van der Waals surface area (Å²) in [7, 11) is 0. The summed E-state index contributed by atoms with van der Waals surface area (Å²) in [5, 5.41) is 0. The molecule has 0 bridgehead atoms. The Hall–Kier alpha value is -1.46. The molecular formula is C19H26N2O3. The summed E-state index contributed by atoms with van der Waals surface area (Å²) in [5.74, 6) is 1.34. The fraction of sp³-hybridized carbons (Fsp3) is 0.684. The van der Waals surface area contributed by atoms with Gasteiger partial charge >= 0.3 is 0 Å². The van der Waals surface area contributed by atoms with E-state index in [1.54, 1.807) is 6.07 Å². The van der Waals surface area contributed by atoms with Crippen LogP contribution in [0.2, 0.25) is 0 Å². The van der Waals surface area contributed by atoms with Crippen LogP contribution in [0, 0.1) is 18.8 Å². The van der Waals surface area contributed by atoms with E-state index in [4.69, 9.17) is 9.47 Å². The van der Waals surface area contributed by atoms with Gasteiger partial charge in [-0.3, -0.25) is 4.79 Å². The van der Waals surface area contributed by atoms with Gasteiger partial charge in [-0.05, 0) is 56.6 Å². The first-order chi connectivity index (χ1) is 11.7. The first-order valence-electron chi connectivity index (χ1n) is 9.11. The highest BCUT2D eigenvalue weighted by molar-refractivity contribution is 5.93. The topological polar surface area (TPSA) is 51.7 Å². The van der Waals surface area contributed by atoms with Crippen molar-refractivity contribution in [1.29, 1.82) is 0 Å². The van der Waals surface area contributed by atoms with E-state index in [1.165, 1.54) is 12.8 Å². The zero-order valence-corrected chi connectivity index (χ0v) is 14.4. The van der Waals surface area contributed by atoms with E-state index in [-0.39, 0.29) is 11.5 Å². The van der Waals surface area contributed by atoms with Crippen LogP contribution in [-0.4, -0.2) is 54.3 Å². The van der Waals surface area contributed by atoms with Crippen LogP contribution in [0.5, 0.6) is 0 Å². The lowest BCUT2D eigenvalue weighted by atomic mass is 9.79. The molecule has 3 aliphatic rings. The molecular weight excluding hydrogens is 304 g/mol. The van der Waals surface area contributed by atoms with Gasteiger partial charge in [-0.2, -0.15) is 0 Å². The Morgan fingerprint density at radius 1 is 1.38 bits per heavy atom. The molecule has 1 unspecified atom stereocenters. The standard InChI is InChI=1S/C19H26N2O3/c1-14-3-2-4-17(20-14)18(22)21-12-19(13-21)16(8-10-24-19)7-9-23-11-15-5-6-15/h2-4,15-16H,5-13H2,1H3. The molecule has 1 aliphatic carbocycles. The second-order valence-corrected chi connectivity index (χ2v) is 7.53. The van der Waals surface area contributed by atoms with Crippen molar-refractivity contribution in [2.24, 2.45) is 11.8 Å². The maximum Gasteiger partial charge on any atom is 0.272 e. The summed E-state index contributed by atoms with van der Waals surface area (Å²) >= 11 is 0. The Morgan fingerprint density at radius 2 is 2.21 bits per heavy atom. The van der Waals surface area contributed by atoms with Crippen molar-refractivity contribution in [1.82, 2.24) is 9.88 Å². The number of likely N-dealkylation sites (tertiary alicyclic amines) is 1. The van der Waals surface area contributed by atoms with Gasteiger partial charge in [0.25, 0.3) is 5.91 Å². The minimum atomic E-state index is -0.136. The zero-order chi connectivity index (χ0) is 16.6. The number of pyridine rings is 1. The van der Waals surface area contributed by atoms with Crippen LogP contribution in [0.25, 0.3) is 0 Å². The first kappa shape index (κ1) is 16.0. The van der Waals surface area contributed by atoms with Crippen molar-refractivity contribution >= 4 is 5.91 Å². The van der Waals surface area contributed by atoms with Gasteiger partial charge in [0.15, 0.2) is 0 Å². The molecule has 1 aromatic rings. The van der Waals surface area contributed by atoms with E-state index in [9.17, 15) is 4.79 Å². The van der Waals surface area contributed by atoms with Crippen molar-refractivity contribution in [3.63, 3.8) is 0 Å². The Kier molecular flexibility index (Phi) is 4.31. The van der Waals surface area contributed by atoms with Gasteiger partial charge in [-0.25, -0.2) is 4.98 Å². The van der Waals surface area contributed by atoms with E-state index in [0.717, 1.165) is 44.3 Å². The molecule has 5 heteroatoms. The number of carbonyl (C=O) groups excluding carboxylic acids is 1. The van der Waals surface area contributed by atoms with Crippen molar-refractivity contribution in [2.45, 2.75) is 38.2 Å². The molecule has 24 heavy (non-hydrogen) atoms. The zero-order valence-electron chi connectivity index (χ0n) is 14.4. The SMILES string of the molecule is Cc1cccc(C(=O)N2CC3(C2)OCCC3CCOCC2CC2)n1. The fourth-order valence-corrected chi connectivity index (χ4v) is 3.87. The number of nitrogens with zero attached hydrogens (tertiary/aromatic N) is 2. The van der Waals surface area contributed by atoms with Gasteiger partial charge in [0, 0.05) is 25.5 Å². The van der Waals surface area contributed by atoms with Gasteiger partial charge in [-0.15, -0.1) is 0 Å². The molecule has 3 fully saturated rings. The molecule has 4 rings (SSSR count). The summed E-state index contributed by atoms with van der Waals surface area (Å²) < 4.78 is 11.8. The lowest BCUT2D eigenvalue weighted by Gasteiger charge is -2.50. The normalized spacial score (nSPS) is 25.0. The third kappa shape index (κ3) is 3.20. The Bertz CT molecular complexity index is 608.